The van der Waals surface area contributed by atoms with Crippen molar-refractivity contribution in [1.29, 1.82) is 0 Å². The molecule has 2 heteroatoms. The summed E-state index contributed by atoms with van der Waals surface area (Å²) in [5.74, 6) is 2.08. The lowest BCUT2D eigenvalue weighted by Gasteiger charge is -2.54. The second kappa shape index (κ2) is 5.62. The first kappa shape index (κ1) is 16.2. The predicted molar refractivity (Wildman–Crippen MR) is 97.2 cm³/mol. The molecule has 0 radical (unpaired) electrons. The molecule has 2 nitrogen and oxygen atoms in total. The lowest BCUT2D eigenvalue weighted by Crippen LogP contribution is -2.53. The van der Waals surface area contributed by atoms with Crippen LogP contribution in [0.25, 0.3) is 0 Å². The van der Waals surface area contributed by atoms with Gasteiger partial charge in [0.2, 0.25) is 0 Å². The van der Waals surface area contributed by atoms with Gasteiger partial charge < -0.3 is 9.47 Å². The molecule has 0 N–H and O–H groups in total. The van der Waals surface area contributed by atoms with Gasteiger partial charge in [0.05, 0.1) is 11.7 Å². The van der Waals surface area contributed by atoms with Crippen molar-refractivity contribution >= 4 is 0 Å². The Morgan fingerprint density at radius 3 is 2.62 bits per heavy atom. The van der Waals surface area contributed by atoms with Crippen molar-refractivity contribution in [2.75, 3.05) is 0 Å². The molecule has 1 aliphatic carbocycles. The smallest absolute Gasteiger partial charge is 0.125 e. The minimum Gasteiger partial charge on any atom is -0.487 e. The summed E-state index contributed by atoms with van der Waals surface area (Å²) in [6.45, 7) is 9.06. The number of hydrogen-bond donors (Lipinski definition) is 0. The first-order chi connectivity index (χ1) is 11.4. The Morgan fingerprint density at radius 2 is 1.88 bits per heavy atom. The molecular formula is C22H30O2. The minimum absolute atomic E-state index is 0.0150. The second-order valence-electron chi connectivity index (χ2n) is 8.76. The lowest BCUT2D eigenvalue weighted by atomic mass is 9.68. The van der Waals surface area contributed by atoms with Gasteiger partial charge in [-0.1, -0.05) is 29.8 Å². The summed E-state index contributed by atoms with van der Waals surface area (Å²) in [6, 6.07) is 8.46. The van der Waals surface area contributed by atoms with Crippen molar-refractivity contribution in [3.63, 3.8) is 0 Å². The fourth-order valence-corrected chi connectivity index (χ4v) is 5.00. The zero-order chi connectivity index (χ0) is 16.9. The van der Waals surface area contributed by atoms with Gasteiger partial charge in [-0.3, -0.25) is 0 Å². The molecule has 130 valence electrons. The highest BCUT2D eigenvalue weighted by Gasteiger charge is 2.52. The molecule has 3 aliphatic rings. The molecule has 0 unspecified atom stereocenters. The van der Waals surface area contributed by atoms with Crippen molar-refractivity contribution in [1.82, 2.24) is 0 Å². The Morgan fingerprint density at radius 1 is 1.08 bits per heavy atom. The molecule has 0 bridgehead atoms. The van der Waals surface area contributed by atoms with Crippen molar-refractivity contribution in [3.05, 3.63) is 41.5 Å². The van der Waals surface area contributed by atoms with E-state index in [2.05, 4.69) is 58.0 Å². The molecule has 4 atom stereocenters. The summed E-state index contributed by atoms with van der Waals surface area (Å²) >= 11 is 0. The van der Waals surface area contributed by atoms with Crippen LogP contribution in [-0.4, -0.2) is 11.2 Å². The second-order valence-corrected chi connectivity index (χ2v) is 8.76. The van der Waals surface area contributed by atoms with Gasteiger partial charge in [-0.25, -0.2) is 0 Å². The van der Waals surface area contributed by atoms with Crippen LogP contribution in [0.2, 0.25) is 0 Å². The number of ether oxygens (including phenoxy) is 2. The van der Waals surface area contributed by atoms with E-state index in [0.717, 1.165) is 12.2 Å². The molecule has 2 aliphatic heterocycles. The van der Waals surface area contributed by atoms with Crippen LogP contribution < -0.4 is 4.74 Å². The highest BCUT2D eigenvalue weighted by Crippen LogP contribution is 2.55. The van der Waals surface area contributed by atoms with Crippen LogP contribution in [0.15, 0.2) is 35.9 Å². The Labute approximate surface area is 146 Å². The van der Waals surface area contributed by atoms with Crippen molar-refractivity contribution in [2.45, 2.75) is 77.1 Å². The van der Waals surface area contributed by atoms with Gasteiger partial charge in [0.1, 0.15) is 11.4 Å². The predicted octanol–water partition coefficient (Wildman–Crippen LogP) is 5.83. The third kappa shape index (κ3) is 2.60. The Balaban J connectivity index is 1.65. The van der Waals surface area contributed by atoms with E-state index in [4.69, 9.17) is 9.47 Å². The van der Waals surface area contributed by atoms with E-state index in [0.29, 0.717) is 11.8 Å². The van der Waals surface area contributed by atoms with Crippen molar-refractivity contribution < 1.29 is 9.47 Å². The van der Waals surface area contributed by atoms with Gasteiger partial charge in [0.15, 0.2) is 0 Å². The number of hydrogen-bond acceptors (Lipinski definition) is 2. The summed E-state index contributed by atoms with van der Waals surface area (Å²) in [4.78, 5) is 0. The minimum atomic E-state index is -0.163. The van der Waals surface area contributed by atoms with E-state index >= 15 is 0 Å². The summed E-state index contributed by atoms with van der Waals surface area (Å²) in [5.41, 5.74) is 2.61. The molecular weight excluding hydrogens is 296 g/mol. The third-order valence-corrected chi connectivity index (χ3v) is 6.71. The third-order valence-electron chi connectivity index (χ3n) is 6.71. The van der Waals surface area contributed by atoms with Gasteiger partial charge in [-0.15, -0.1) is 0 Å². The van der Waals surface area contributed by atoms with Gasteiger partial charge >= 0.3 is 0 Å². The van der Waals surface area contributed by atoms with Gasteiger partial charge in [0, 0.05) is 11.5 Å². The number of benzene rings is 1. The van der Waals surface area contributed by atoms with Gasteiger partial charge in [0.25, 0.3) is 0 Å². The molecule has 1 aromatic carbocycles. The maximum Gasteiger partial charge on any atom is 0.125 e. The van der Waals surface area contributed by atoms with E-state index in [-0.39, 0.29) is 17.3 Å². The standard InChI is InChI=1S/C22H30O2/c1-15-9-11-16(12-10-15)22(4)14-13-18-20(24-22)17-7-5-6-8-19(17)23-21(18,2)3/h5-9,16,18,20H,10-14H2,1-4H3/t16-,18-,20+,22-/m1/s1. The van der Waals surface area contributed by atoms with Crippen LogP contribution in [0.3, 0.4) is 0 Å². The zero-order valence-corrected chi connectivity index (χ0v) is 15.5. The number of fused-ring (bicyclic) bond motifs is 3. The maximum absolute atomic E-state index is 6.91. The number of allylic oxidation sites excluding steroid dienone is 2. The fourth-order valence-electron chi connectivity index (χ4n) is 5.00. The number of rotatable bonds is 1. The molecule has 2 heterocycles. The van der Waals surface area contributed by atoms with Crippen LogP contribution in [0, 0.1) is 11.8 Å². The molecule has 0 amide bonds. The summed E-state index contributed by atoms with van der Waals surface area (Å²) in [7, 11) is 0. The molecule has 24 heavy (non-hydrogen) atoms. The average molecular weight is 326 g/mol. The topological polar surface area (TPSA) is 18.5 Å². The number of para-hydroxylation sites is 1. The van der Waals surface area contributed by atoms with Gasteiger partial charge in [-0.05, 0) is 71.8 Å². The van der Waals surface area contributed by atoms with Crippen LogP contribution in [0.4, 0.5) is 0 Å². The summed E-state index contributed by atoms with van der Waals surface area (Å²) < 4.78 is 13.2. The molecule has 0 spiro atoms. The molecule has 1 aromatic rings. The van der Waals surface area contributed by atoms with Gasteiger partial charge in [-0.2, -0.15) is 0 Å². The summed E-state index contributed by atoms with van der Waals surface area (Å²) in [5, 5.41) is 0. The Bertz CT molecular complexity index is 660. The monoisotopic (exact) mass is 326 g/mol. The van der Waals surface area contributed by atoms with E-state index in [1.807, 2.05) is 0 Å². The molecule has 1 saturated heterocycles. The maximum atomic E-state index is 6.91. The largest absolute Gasteiger partial charge is 0.487 e. The van der Waals surface area contributed by atoms with E-state index in [1.165, 1.54) is 31.2 Å². The highest BCUT2D eigenvalue weighted by molar-refractivity contribution is 5.39. The Kier molecular flexibility index (Phi) is 3.80. The molecule has 1 fully saturated rings. The first-order valence-corrected chi connectivity index (χ1v) is 9.50. The van der Waals surface area contributed by atoms with Crippen LogP contribution in [0.5, 0.6) is 5.75 Å². The molecule has 0 saturated carbocycles. The van der Waals surface area contributed by atoms with E-state index < -0.39 is 0 Å². The Hall–Kier alpha value is -1.28. The summed E-state index contributed by atoms with van der Waals surface area (Å²) in [6.07, 6.45) is 8.57. The quantitative estimate of drug-likeness (QED) is 0.604. The van der Waals surface area contributed by atoms with Crippen molar-refractivity contribution in [2.24, 2.45) is 11.8 Å². The lowest BCUT2D eigenvalue weighted by molar-refractivity contribution is -0.210. The fraction of sp³-hybridized carbons (Fsp3) is 0.636. The molecule has 0 aromatic heterocycles. The van der Waals surface area contributed by atoms with Crippen LogP contribution in [0.1, 0.15) is 71.5 Å². The van der Waals surface area contributed by atoms with Crippen LogP contribution >= 0.6 is 0 Å². The SMILES string of the molecule is CC1=CC[C@@H]([C@@]2(C)CC[C@@H]3[C@@H](O2)c2ccccc2OC3(C)C)CC1. The average Bonchev–Trinajstić information content (AvgIpc) is 2.54. The van der Waals surface area contributed by atoms with Crippen molar-refractivity contribution in [3.8, 4) is 5.75 Å². The van der Waals surface area contributed by atoms with Crippen LogP contribution in [-0.2, 0) is 4.74 Å². The first-order valence-electron chi connectivity index (χ1n) is 9.50. The van der Waals surface area contributed by atoms with E-state index in [1.54, 1.807) is 5.57 Å². The van der Waals surface area contributed by atoms with E-state index in [9.17, 15) is 0 Å². The normalized spacial score (nSPS) is 37.7. The molecule has 4 rings (SSSR count). The highest BCUT2D eigenvalue weighted by atomic mass is 16.5. The zero-order valence-electron chi connectivity index (χ0n) is 15.5.